The van der Waals surface area contributed by atoms with Crippen LogP contribution in [0, 0.1) is 0 Å². The number of carbonyl (C=O) groups excluding carboxylic acids is 2. The van der Waals surface area contributed by atoms with Gasteiger partial charge in [0.1, 0.15) is 11.6 Å². The lowest BCUT2D eigenvalue weighted by Crippen LogP contribution is -2.67. The molecule has 0 aromatic heterocycles. The van der Waals surface area contributed by atoms with E-state index in [1.807, 2.05) is 0 Å². The first-order valence-electron chi connectivity index (χ1n) is 5.72. The fraction of sp³-hybridized carbons (Fsp3) is 0.818. The smallest absolute Gasteiger partial charge is 0.248 e. The van der Waals surface area contributed by atoms with Crippen molar-refractivity contribution in [3.63, 3.8) is 0 Å². The zero-order chi connectivity index (χ0) is 11.9. The molecule has 0 spiro atoms. The van der Waals surface area contributed by atoms with E-state index in [1.165, 1.54) is 0 Å². The van der Waals surface area contributed by atoms with Gasteiger partial charge in [-0.05, 0) is 26.0 Å². The number of amides is 2. The second-order valence-electron chi connectivity index (χ2n) is 4.84. The maximum Gasteiger partial charge on any atom is 0.248 e. The van der Waals surface area contributed by atoms with Gasteiger partial charge in [0.25, 0.3) is 0 Å². The molecule has 2 heterocycles. The molecular weight excluding hydrogens is 224 g/mol. The molecule has 4 nitrogen and oxygen atoms in total. The van der Waals surface area contributed by atoms with Crippen LogP contribution in [-0.4, -0.2) is 45.8 Å². The van der Waals surface area contributed by atoms with E-state index in [2.05, 4.69) is 12.2 Å². The van der Waals surface area contributed by atoms with Crippen molar-refractivity contribution >= 4 is 23.6 Å². The number of piperazine rings is 1. The summed E-state index contributed by atoms with van der Waals surface area (Å²) in [5.41, 5.74) is -0.737. The third kappa shape index (κ3) is 1.71. The molecule has 2 aliphatic rings. The van der Waals surface area contributed by atoms with Gasteiger partial charge in [0.15, 0.2) is 0 Å². The first-order chi connectivity index (χ1) is 7.47. The Kier molecular flexibility index (Phi) is 2.90. The number of nitrogens with one attached hydrogen (secondary N) is 1. The number of rotatable bonds is 2. The standard InChI is InChI=1S/C11H18N2O2S/c1-4-16-7-5-6-13-8(7)9(14)12-11(2,3)10(13)15/h7-8H,4-6H2,1-3H3,(H,12,14)/t7-,8-/m0/s1. The lowest BCUT2D eigenvalue weighted by atomic mass is 9.98. The fourth-order valence-corrected chi connectivity index (χ4v) is 3.64. The average molecular weight is 242 g/mol. The molecule has 5 heteroatoms. The van der Waals surface area contributed by atoms with E-state index in [9.17, 15) is 9.59 Å². The minimum atomic E-state index is -0.737. The quantitative estimate of drug-likeness (QED) is 0.772. The molecule has 2 atom stereocenters. The number of carbonyl (C=O) groups is 2. The largest absolute Gasteiger partial charge is 0.340 e. The van der Waals surface area contributed by atoms with Gasteiger partial charge >= 0.3 is 0 Å². The summed E-state index contributed by atoms with van der Waals surface area (Å²) in [6.07, 6.45) is 0.929. The third-order valence-electron chi connectivity index (χ3n) is 3.22. The molecule has 0 saturated carbocycles. The van der Waals surface area contributed by atoms with Gasteiger partial charge in [-0.3, -0.25) is 9.59 Å². The van der Waals surface area contributed by atoms with E-state index < -0.39 is 5.54 Å². The molecule has 0 unspecified atom stereocenters. The summed E-state index contributed by atoms with van der Waals surface area (Å²) >= 11 is 1.78. The van der Waals surface area contributed by atoms with E-state index in [4.69, 9.17) is 0 Å². The van der Waals surface area contributed by atoms with Crippen molar-refractivity contribution in [2.45, 2.75) is 44.0 Å². The van der Waals surface area contributed by atoms with Crippen LogP contribution < -0.4 is 5.32 Å². The predicted octanol–water partition coefficient (Wildman–Crippen LogP) is 0.617. The third-order valence-corrected chi connectivity index (χ3v) is 4.48. The minimum Gasteiger partial charge on any atom is -0.340 e. The van der Waals surface area contributed by atoms with E-state index >= 15 is 0 Å². The second kappa shape index (κ2) is 3.95. The lowest BCUT2D eigenvalue weighted by Gasteiger charge is -2.40. The van der Waals surface area contributed by atoms with Crippen molar-refractivity contribution in [3.8, 4) is 0 Å². The monoisotopic (exact) mass is 242 g/mol. The van der Waals surface area contributed by atoms with Crippen molar-refractivity contribution in [1.29, 1.82) is 0 Å². The summed E-state index contributed by atoms with van der Waals surface area (Å²) in [4.78, 5) is 25.9. The number of nitrogens with zero attached hydrogens (tertiary/aromatic N) is 1. The van der Waals surface area contributed by atoms with E-state index in [-0.39, 0.29) is 23.1 Å². The Morgan fingerprint density at radius 2 is 2.19 bits per heavy atom. The first kappa shape index (κ1) is 11.8. The highest BCUT2D eigenvalue weighted by Crippen LogP contribution is 2.33. The molecule has 2 rings (SSSR count). The zero-order valence-electron chi connectivity index (χ0n) is 9.95. The van der Waals surface area contributed by atoms with Crippen molar-refractivity contribution < 1.29 is 9.59 Å². The van der Waals surface area contributed by atoms with Crippen molar-refractivity contribution in [1.82, 2.24) is 10.2 Å². The van der Waals surface area contributed by atoms with Gasteiger partial charge in [-0.15, -0.1) is 0 Å². The molecule has 2 saturated heterocycles. The molecule has 0 aromatic carbocycles. The molecule has 0 bridgehead atoms. The topological polar surface area (TPSA) is 49.4 Å². The van der Waals surface area contributed by atoms with Crippen LogP contribution in [0.25, 0.3) is 0 Å². The molecule has 2 fully saturated rings. The number of hydrogen-bond acceptors (Lipinski definition) is 3. The van der Waals surface area contributed by atoms with E-state index in [1.54, 1.807) is 30.5 Å². The molecule has 16 heavy (non-hydrogen) atoms. The first-order valence-corrected chi connectivity index (χ1v) is 6.77. The Morgan fingerprint density at radius 3 is 2.81 bits per heavy atom. The lowest BCUT2D eigenvalue weighted by molar-refractivity contribution is -0.150. The highest BCUT2D eigenvalue weighted by Gasteiger charge is 2.51. The van der Waals surface area contributed by atoms with Crippen molar-refractivity contribution in [2.24, 2.45) is 0 Å². The van der Waals surface area contributed by atoms with Gasteiger partial charge in [0.2, 0.25) is 11.8 Å². The number of fused-ring (bicyclic) bond motifs is 1. The fourth-order valence-electron chi connectivity index (χ4n) is 2.49. The van der Waals surface area contributed by atoms with Gasteiger partial charge in [-0.25, -0.2) is 0 Å². The maximum absolute atomic E-state index is 12.1. The van der Waals surface area contributed by atoms with Crippen LogP contribution in [0.3, 0.4) is 0 Å². The molecule has 2 amide bonds. The Morgan fingerprint density at radius 1 is 1.50 bits per heavy atom. The van der Waals surface area contributed by atoms with E-state index in [0.717, 1.165) is 18.7 Å². The molecule has 0 aromatic rings. The van der Waals surface area contributed by atoms with Crippen LogP contribution in [0.15, 0.2) is 0 Å². The highest BCUT2D eigenvalue weighted by atomic mass is 32.2. The van der Waals surface area contributed by atoms with Crippen LogP contribution in [0.2, 0.25) is 0 Å². The highest BCUT2D eigenvalue weighted by molar-refractivity contribution is 7.99. The normalized spacial score (nSPS) is 32.6. The molecule has 2 aliphatic heterocycles. The Bertz CT molecular complexity index is 330. The molecular formula is C11H18N2O2S. The number of thioether (sulfide) groups is 1. The molecule has 0 radical (unpaired) electrons. The summed E-state index contributed by atoms with van der Waals surface area (Å²) in [6, 6.07) is -0.245. The van der Waals surface area contributed by atoms with Gasteiger partial charge < -0.3 is 10.2 Å². The Balaban J connectivity index is 2.22. The average Bonchev–Trinajstić information content (AvgIpc) is 2.59. The molecule has 0 aliphatic carbocycles. The maximum atomic E-state index is 12.1. The van der Waals surface area contributed by atoms with Gasteiger partial charge in [-0.1, -0.05) is 6.92 Å². The summed E-state index contributed by atoms with van der Waals surface area (Å²) in [6.45, 7) is 6.34. The SMILES string of the molecule is CCS[C@H]1CCN2C(=O)C(C)(C)NC(=O)[C@H]12. The van der Waals surface area contributed by atoms with Gasteiger partial charge in [-0.2, -0.15) is 11.8 Å². The van der Waals surface area contributed by atoms with Crippen molar-refractivity contribution in [2.75, 3.05) is 12.3 Å². The van der Waals surface area contributed by atoms with Crippen molar-refractivity contribution in [3.05, 3.63) is 0 Å². The summed E-state index contributed by atoms with van der Waals surface area (Å²) < 4.78 is 0. The van der Waals surface area contributed by atoms with Gasteiger partial charge in [0, 0.05) is 11.8 Å². The molecule has 90 valence electrons. The second-order valence-corrected chi connectivity index (χ2v) is 6.36. The summed E-state index contributed by atoms with van der Waals surface area (Å²) in [7, 11) is 0. The van der Waals surface area contributed by atoms with Crippen LogP contribution in [-0.2, 0) is 9.59 Å². The Labute approximate surface area is 100 Å². The zero-order valence-corrected chi connectivity index (χ0v) is 10.8. The van der Waals surface area contributed by atoms with Crippen LogP contribution in [0.1, 0.15) is 27.2 Å². The van der Waals surface area contributed by atoms with Gasteiger partial charge in [0.05, 0.1) is 0 Å². The predicted molar refractivity (Wildman–Crippen MR) is 64.3 cm³/mol. The van der Waals surface area contributed by atoms with E-state index in [0.29, 0.717) is 0 Å². The number of hydrogen-bond donors (Lipinski definition) is 1. The van der Waals surface area contributed by atoms with Crippen LogP contribution in [0.5, 0.6) is 0 Å². The van der Waals surface area contributed by atoms with Crippen LogP contribution in [0.4, 0.5) is 0 Å². The molecule has 1 N–H and O–H groups in total. The summed E-state index contributed by atoms with van der Waals surface area (Å²) in [5.74, 6) is 1.05. The summed E-state index contributed by atoms with van der Waals surface area (Å²) in [5, 5.41) is 3.09. The Hall–Kier alpha value is -0.710. The minimum absolute atomic E-state index is 0.00745. The van der Waals surface area contributed by atoms with Crippen LogP contribution >= 0.6 is 11.8 Å².